The van der Waals surface area contributed by atoms with Gasteiger partial charge in [0, 0.05) is 10.9 Å². The summed E-state index contributed by atoms with van der Waals surface area (Å²) in [7, 11) is 0. The van der Waals surface area contributed by atoms with Crippen molar-refractivity contribution in [2.75, 3.05) is 13.2 Å². The van der Waals surface area contributed by atoms with E-state index in [2.05, 4.69) is 20.9 Å². The molecule has 128 valence electrons. The zero-order chi connectivity index (χ0) is 17.3. The van der Waals surface area contributed by atoms with Gasteiger partial charge in [0.1, 0.15) is 31.1 Å². The van der Waals surface area contributed by atoms with Gasteiger partial charge in [-0.1, -0.05) is 46.3 Å². The van der Waals surface area contributed by atoms with Crippen LogP contribution in [0.15, 0.2) is 58.0 Å². The number of hydrogen-bond donors (Lipinski definition) is 0. The Morgan fingerprint density at radius 2 is 1.96 bits per heavy atom. The number of esters is 1. The van der Waals surface area contributed by atoms with Crippen molar-refractivity contribution >= 4 is 27.8 Å². The Labute approximate surface area is 153 Å². The van der Waals surface area contributed by atoms with Gasteiger partial charge in [0.25, 0.3) is 5.90 Å². The number of fused-ring (bicyclic) bond motifs is 1. The summed E-state index contributed by atoms with van der Waals surface area (Å²) in [4.78, 5) is 16.7. The molecule has 0 aromatic heterocycles. The molecule has 1 spiro atoms. The fraction of sp³-hybridized carbons (Fsp3) is 0.263. The molecule has 2 aliphatic rings. The number of ether oxygens (including phenoxy) is 3. The molecule has 0 fully saturated rings. The van der Waals surface area contributed by atoms with Crippen LogP contribution in [-0.4, -0.2) is 30.6 Å². The Kier molecular flexibility index (Phi) is 4.21. The maximum Gasteiger partial charge on any atom is 0.394 e. The molecule has 2 aliphatic heterocycles. The lowest BCUT2D eigenvalue weighted by molar-refractivity contribution is -0.138. The molecule has 4 rings (SSSR count). The number of carbonyl (C=O) groups is 1. The highest BCUT2D eigenvalue weighted by Gasteiger charge is 2.43. The van der Waals surface area contributed by atoms with E-state index in [1.165, 1.54) is 0 Å². The molecule has 0 N–H and O–H groups in total. The molecule has 1 atom stereocenters. The smallest absolute Gasteiger partial charge is 0.394 e. The lowest BCUT2D eigenvalue weighted by Gasteiger charge is -2.30. The number of aliphatic imine (C=N–C) groups is 1. The third-order valence-corrected chi connectivity index (χ3v) is 4.74. The minimum Gasteiger partial charge on any atom is -0.491 e. The number of hydrogen-bond acceptors (Lipinski definition) is 5. The van der Waals surface area contributed by atoms with E-state index in [0.29, 0.717) is 19.6 Å². The first-order valence-electron chi connectivity index (χ1n) is 7.99. The lowest BCUT2D eigenvalue weighted by atomic mass is 9.91. The molecule has 0 aliphatic carbocycles. The second-order valence-corrected chi connectivity index (χ2v) is 7.12. The van der Waals surface area contributed by atoms with Crippen molar-refractivity contribution in [1.82, 2.24) is 0 Å². The quantitative estimate of drug-likeness (QED) is 0.740. The first-order valence-corrected chi connectivity index (χ1v) is 8.78. The average Bonchev–Trinajstić information content (AvgIpc) is 3.04. The lowest BCUT2D eigenvalue weighted by Crippen LogP contribution is -2.41. The van der Waals surface area contributed by atoms with Crippen LogP contribution in [0.3, 0.4) is 0 Å². The van der Waals surface area contributed by atoms with E-state index >= 15 is 0 Å². The highest BCUT2D eigenvalue weighted by molar-refractivity contribution is 9.10. The number of benzene rings is 2. The molecule has 1 unspecified atom stereocenters. The topological polar surface area (TPSA) is 57.1 Å². The van der Waals surface area contributed by atoms with Crippen LogP contribution >= 0.6 is 15.9 Å². The van der Waals surface area contributed by atoms with Crippen molar-refractivity contribution in [1.29, 1.82) is 0 Å². The monoisotopic (exact) mass is 401 g/mol. The Morgan fingerprint density at radius 3 is 2.80 bits per heavy atom. The third-order valence-electron chi connectivity index (χ3n) is 4.24. The molecule has 25 heavy (non-hydrogen) atoms. The van der Waals surface area contributed by atoms with Crippen molar-refractivity contribution in [3.8, 4) is 5.75 Å². The van der Waals surface area contributed by atoms with Gasteiger partial charge in [0.05, 0.1) is 0 Å². The van der Waals surface area contributed by atoms with Crippen molar-refractivity contribution < 1.29 is 19.0 Å². The summed E-state index contributed by atoms with van der Waals surface area (Å²) in [6, 6.07) is 15.4. The summed E-state index contributed by atoms with van der Waals surface area (Å²) in [5, 5.41) is 0. The minimum atomic E-state index is -0.561. The van der Waals surface area contributed by atoms with Crippen molar-refractivity contribution in [3.63, 3.8) is 0 Å². The standard InChI is InChI=1S/C19H16BrNO4/c20-15-6-7-16-14(8-15)9-19(11-24-16)12-25-17(21-19)18(22)23-10-13-4-2-1-3-5-13/h1-8H,9-12H2. The minimum absolute atomic E-state index is 0.0259. The number of halogens is 1. The molecule has 0 saturated heterocycles. The van der Waals surface area contributed by atoms with E-state index in [0.717, 1.165) is 21.3 Å². The summed E-state index contributed by atoms with van der Waals surface area (Å²) < 4.78 is 17.6. The fourth-order valence-electron chi connectivity index (χ4n) is 2.98. The van der Waals surface area contributed by atoms with Gasteiger partial charge in [0.2, 0.25) is 0 Å². The first-order chi connectivity index (χ1) is 12.1. The van der Waals surface area contributed by atoms with Crippen LogP contribution in [0.5, 0.6) is 5.75 Å². The highest BCUT2D eigenvalue weighted by atomic mass is 79.9. The van der Waals surface area contributed by atoms with Crippen LogP contribution < -0.4 is 4.74 Å². The second-order valence-electron chi connectivity index (χ2n) is 6.21. The Balaban J connectivity index is 1.45. The van der Waals surface area contributed by atoms with Gasteiger partial charge in [-0.25, -0.2) is 9.79 Å². The average molecular weight is 402 g/mol. The van der Waals surface area contributed by atoms with Gasteiger partial charge in [-0.05, 0) is 29.3 Å². The van der Waals surface area contributed by atoms with Crippen LogP contribution in [0.4, 0.5) is 0 Å². The fourth-order valence-corrected chi connectivity index (χ4v) is 3.39. The van der Waals surface area contributed by atoms with Crippen molar-refractivity contribution in [3.05, 3.63) is 64.1 Å². The van der Waals surface area contributed by atoms with Crippen LogP contribution in [0.25, 0.3) is 0 Å². The number of rotatable bonds is 3. The van der Waals surface area contributed by atoms with Crippen molar-refractivity contribution in [2.24, 2.45) is 4.99 Å². The predicted octanol–water partition coefficient (Wildman–Crippen LogP) is 3.29. The Bertz CT molecular complexity index is 837. The molecule has 0 bridgehead atoms. The largest absolute Gasteiger partial charge is 0.491 e. The van der Waals surface area contributed by atoms with Gasteiger partial charge in [0.15, 0.2) is 0 Å². The van der Waals surface area contributed by atoms with Crippen molar-refractivity contribution in [2.45, 2.75) is 18.6 Å². The summed E-state index contributed by atoms with van der Waals surface area (Å²) in [6.45, 7) is 0.896. The van der Waals surface area contributed by atoms with Gasteiger partial charge < -0.3 is 14.2 Å². The molecule has 2 aromatic carbocycles. The summed E-state index contributed by atoms with van der Waals surface area (Å²) in [5.41, 5.74) is 1.41. The van der Waals surface area contributed by atoms with E-state index in [1.54, 1.807) is 0 Å². The SMILES string of the molecule is O=C(OCc1ccccc1)C1=NC2(CO1)COc1ccc(Br)cc1C2. The van der Waals surface area contributed by atoms with Gasteiger partial charge in [-0.2, -0.15) is 0 Å². The second kappa shape index (κ2) is 6.52. The maximum absolute atomic E-state index is 12.2. The van der Waals surface area contributed by atoms with Gasteiger partial charge >= 0.3 is 5.97 Å². The summed E-state index contributed by atoms with van der Waals surface area (Å²) in [6.07, 6.45) is 0.664. The predicted molar refractivity (Wildman–Crippen MR) is 95.7 cm³/mol. The Morgan fingerprint density at radius 1 is 1.16 bits per heavy atom. The highest BCUT2D eigenvalue weighted by Crippen LogP contribution is 2.35. The Hall–Kier alpha value is -2.34. The molecule has 2 heterocycles. The molecule has 0 amide bonds. The van der Waals surface area contributed by atoms with E-state index < -0.39 is 11.5 Å². The molecule has 6 heteroatoms. The normalized spacial score (nSPS) is 21.1. The van der Waals surface area contributed by atoms with Crippen LogP contribution in [0.2, 0.25) is 0 Å². The van der Waals surface area contributed by atoms with Crippen LogP contribution in [-0.2, 0) is 27.3 Å². The zero-order valence-corrected chi connectivity index (χ0v) is 15.0. The molecule has 5 nitrogen and oxygen atoms in total. The molecule has 0 saturated carbocycles. The zero-order valence-electron chi connectivity index (χ0n) is 13.4. The molecular formula is C19H16BrNO4. The maximum atomic E-state index is 12.2. The molecule has 2 aromatic rings. The van der Waals surface area contributed by atoms with Gasteiger partial charge in [-0.15, -0.1) is 0 Å². The number of nitrogens with zero attached hydrogens (tertiary/aromatic N) is 1. The van der Waals surface area contributed by atoms with Crippen LogP contribution in [0, 0.1) is 0 Å². The van der Waals surface area contributed by atoms with E-state index in [4.69, 9.17) is 14.2 Å². The third kappa shape index (κ3) is 3.39. The van der Waals surface area contributed by atoms with E-state index in [1.807, 2.05) is 48.5 Å². The molecule has 0 radical (unpaired) electrons. The van der Waals surface area contributed by atoms with Crippen LogP contribution in [0.1, 0.15) is 11.1 Å². The van der Waals surface area contributed by atoms with Gasteiger partial charge in [-0.3, -0.25) is 0 Å². The summed E-state index contributed by atoms with van der Waals surface area (Å²) in [5.74, 6) is 0.336. The van der Waals surface area contributed by atoms with E-state index in [-0.39, 0.29) is 12.5 Å². The first kappa shape index (κ1) is 16.1. The molecular weight excluding hydrogens is 386 g/mol. The van der Waals surface area contributed by atoms with E-state index in [9.17, 15) is 4.79 Å². The summed E-state index contributed by atoms with van der Waals surface area (Å²) >= 11 is 3.47. The number of carbonyl (C=O) groups excluding carboxylic acids is 1.